The van der Waals surface area contributed by atoms with E-state index in [1.807, 2.05) is 6.07 Å². The minimum atomic E-state index is -0.764. The zero-order chi connectivity index (χ0) is 24.9. The zero-order valence-electron chi connectivity index (χ0n) is 18.2. The van der Waals surface area contributed by atoms with Crippen molar-refractivity contribution in [3.63, 3.8) is 0 Å². The molecule has 1 N–H and O–H groups in total. The summed E-state index contributed by atoms with van der Waals surface area (Å²) in [6.07, 6.45) is 0. The van der Waals surface area contributed by atoms with Crippen LogP contribution >= 0.6 is 34.4 Å². The number of hydrogen-bond acceptors (Lipinski definition) is 8. The van der Waals surface area contributed by atoms with Gasteiger partial charge >= 0.3 is 5.97 Å². The Morgan fingerprint density at radius 3 is 2.54 bits per heavy atom. The summed E-state index contributed by atoms with van der Waals surface area (Å²) in [5.74, 6) is -0.403. The van der Waals surface area contributed by atoms with Gasteiger partial charge in [0.05, 0.1) is 4.92 Å². The summed E-state index contributed by atoms with van der Waals surface area (Å²) in [4.78, 5) is 49.8. The number of benzene rings is 2. The molecule has 2 aliphatic rings. The second-order valence-corrected chi connectivity index (χ2v) is 9.51. The van der Waals surface area contributed by atoms with E-state index in [2.05, 4.69) is 27.9 Å². The van der Waals surface area contributed by atoms with E-state index in [4.69, 9.17) is 9.47 Å². The number of thioether (sulfide) groups is 1. The molecular formula is C23H20IN3O7S. The van der Waals surface area contributed by atoms with Gasteiger partial charge < -0.3 is 14.8 Å². The number of carbonyl (C=O) groups is 3. The molecule has 2 aliphatic heterocycles. The van der Waals surface area contributed by atoms with Gasteiger partial charge in [-0.2, -0.15) is 0 Å². The van der Waals surface area contributed by atoms with Gasteiger partial charge in [-0.3, -0.25) is 24.6 Å². The highest BCUT2D eigenvalue weighted by molar-refractivity contribution is 14.1. The van der Waals surface area contributed by atoms with Gasteiger partial charge in [0, 0.05) is 22.3 Å². The number of nitrogens with zero attached hydrogens (tertiary/aromatic N) is 2. The number of nitrogens with one attached hydrogen (secondary N) is 1. The monoisotopic (exact) mass is 609 g/mol. The van der Waals surface area contributed by atoms with E-state index in [0.29, 0.717) is 21.5 Å². The zero-order valence-corrected chi connectivity index (χ0v) is 21.2. The highest BCUT2D eigenvalue weighted by Crippen LogP contribution is 2.41. The number of amides is 2. The summed E-state index contributed by atoms with van der Waals surface area (Å²) in [7, 11) is 0. The molecule has 1 saturated heterocycles. The van der Waals surface area contributed by atoms with Gasteiger partial charge in [-0.05, 0) is 35.4 Å². The molecule has 0 bridgehead atoms. The van der Waals surface area contributed by atoms with E-state index < -0.39 is 28.2 Å². The standard InChI is InChI=1S/C23H20IN3O7S/c24-10-15-13-35-22-19(25-18(28)12-33-17-4-2-1-3-5-17)21(29)26(22)20(15)23(30)34-11-14-6-8-16(9-7-14)27(31)32/h1-9,19,22H,10-13H2,(H,25,28)/t19-,22+/m1/s1. The Labute approximate surface area is 218 Å². The number of hydrogen-bond donors (Lipinski definition) is 1. The SMILES string of the molecule is O=C(COc1ccccc1)N[C@@H]1C(=O)N2C(C(=O)OCc3ccc([N+](=O)[O-])cc3)=C(CI)CS[C@@H]12. The third kappa shape index (κ3) is 5.59. The molecule has 182 valence electrons. The normalized spacial score (nSPS) is 18.9. The predicted molar refractivity (Wildman–Crippen MR) is 136 cm³/mol. The highest BCUT2D eigenvalue weighted by atomic mass is 127. The number of fused-ring (bicyclic) bond motifs is 1. The lowest BCUT2D eigenvalue weighted by molar-refractivity contribution is -0.384. The molecule has 0 unspecified atom stereocenters. The molecule has 4 rings (SSSR count). The number of β-lactam (4-membered cyclic amide) rings is 1. The number of alkyl halides is 1. The van der Waals surface area contributed by atoms with Crippen molar-refractivity contribution in [3.8, 4) is 5.75 Å². The molecule has 2 atom stereocenters. The minimum Gasteiger partial charge on any atom is -0.484 e. The lowest BCUT2D eigenvalue weighted by atomic mass is 10.0. The van der Waals surface area contributed by atoms with Gasteiger partial charge in [0.2, 0.25) is 0 Å². The molecule has 2 aromatic rings. The fraction of sp³-hybridized carbons (Fsp3) is 0.261. The van der Waals surface area contributed by atoms with Crippen molar-refractivity contribution < 1.29 is 28.8 Å². The van der Waals surface area contributed by atoms with E-state index in [1.54, 1.807) is 24.3 Å². The molecule has 0 radical (unpaired) electrons. The Morgan fingerprint density at radius 1 is 1.17 bits per heavy atom. The van der Waals surface area contributed by atoms with Crippen LogP contribution in [0.1, 0.15) is 5.56 Å². The van der Waals surface area contributed by atoms with Crippen molar-refractivity contribution in [2.75, 3.05) is 16.8 Å². The average molecular weight is 609 g/mol. The maximum Gasteiger partial charge on any atom is 0.355 e. The van der Waals surface area contributed by atoms with Crippen LogP contribution in [0.2, 0.25) is 0 Å². The number of nitro benzene ring substituents is 1. The van der Waals surface area contributed by atoms with Gasteiger partial charge in [-0.1, -0.05) is 40.8 Å². The molecule has 0 saturated carbocycles. The molecular weight excluding hydrogens is 589 g/mol. The molecule has 2 aromatic carbocycles. The number of non-ortho nitro benzene ring substituents is 1. The van der Waals surface area contributed by atoms with Gasteiger partial charge in [0.25, 0.3) is 17.5 Å². The van der Waals surface area contributed by atoms with E-state index in [9.17, 15) is 24.5 Å². The van der Waals surface area contributed by atoms with Crippen LogP contribution in [0.5, 0.6) is 5.75 Å². The van der Waals surface area contributed by atoms with Gasteiger partial charge in [-0.15, -0.1) is 11.8 Å². The predicted octanol–water partition coefficient (Wildman–Crippen LogP) is 2.81. The van der Waals surface area contributed by atoms with Crippen LogP contribution in [0.15, 0.2) is 65.9 Å². The number of ether oxygens (including phenoxy) is 2. The maximum atomic E-state index is 12.9. The fourth-order valence-corrected chi connectivity index (χ4v) is 5.93. The number of rotatable bonds is 9. The Hall–Kier alpha value is -3.13. The Balaban J connectivity index is 1.37. The van der Waals surface area contributed by atoms with Crippen molar-refractivity contribution in [1.29, 1.82) is 0 Å². The molecule has 0 aromatic heterocycles. The average Bonchev–Trinajstić information content (AvgIpc) is 2.88. The van der Waals surface area contributed by atoms with E-state index in [-0.39, 0.29) is 30.5 Å². The number of esters is 1. The maximum absolute atomic E-state index is 12.9. The second-order valence-electron chi connectivity index (χ2n) is 7.64. The molecule has 1 fully saturated rings. The van der Waals surface area contributed by atoms with Gasteiger partial charge in [0.1, 0.15) is 29.5 Å². The first kappa shape index (κ1) is 25.0. The van der Waals surface area contributed by atoms with Crippen molar-refractivity contribution in [1.82, 2.24) is 10.2 Å². The van der Waals surface area contributed by atoms with E-state index in [1.165, 1.54) is 40.9 Å². The molecule has 0 aliphatic carbocycles. The second kappa shape index (κ2) is 11.1. The third-order valence-electron chi connectivity index (χ3n) is 5.35. The summed E-state index contributed by atoms with van der Waals surface area (Å²) >= 11 is 3.60. The van der Waals surface area contributed by atoms with Crippen molar-refractivity contribution >= 4 is 57.8 Å². The summed E-state index contributed by atoms with van der Waals surface area (Å²) < 4.78 is 11.4. The number of carbonyl (C=O) groups excluding carboxylic acids is 3. The summed E-state index contributed by atoms with van der Waals surface area (Å²) in [5.41, 5.74) is 1.49. The van der Waals surface area contributed by atoms with Crippen LogP contribution < -0.4 is 10.1 Å². The highest BCUT2D eigenvalue weighted by Gasteiger charge is 2.54. The lowest BCUT2D eigenvalue weighted by Crippen LogP contribution is -2.71. The first-order chi connectivity index (χ1) is 16.9. The topological polar surface area (TPSA) is 128 Å². The van der Waals surface area contributed by atoms with Gasteiger partial charge in [-0.25, -0.2) is 4.79 Å². The van der Waals surface area contributed by atoms with E-state index >= 15 is 0 Å². The first-order valence-electron chi connectivity index (χ1n) is 10.5. The molecule has 10 nitrogen and oxygen atoms in total. The van der Waals surface area contributed by atoms with Crippen molar-refractivity contribution in [3.05, 3.63) is 81.5 Å². The number of nitro groups is 1. The number of para-hydroxylation sites is 1. The van der Waals surface area contributed by atoms with Crippen LogP contribution in [0, 0.1) is 10.1 Å². The van der Waals surface area contributed by atoms with Crippen LogP contribution in [0.25, 0.3) is 0 Å². The largest absolute Gasteiger partial charge is 0.484 e. The Kier molecular flexibility index (Phi) is 7.90. The Bertz CT molecular complexity index is 1170. The van der Waals surface area contributed by atoms with Crippen LogP contribution in [0.3, 0.4) is 0 Å². The number of halogens is 1. The molecule has 12 heteroatoms. The molecule has 2 heterocycles. The molecule has 0 spiro atoms. The molecule has 35 heavy (non-hydrogen) atoms. The summed E-state index contributed by atoms with van der Waals surface area (Å²) in [5, 5.41) is 13.1. The van der Waals surface area contributed by atoms with Crippen molar-refractivity contribution in [2.24, 2.45) is 0 Å². The lowest BCUT2D eigenvalue weighted by Gasteiger charge is -2.49. The Morgan fingerprint density at radius 2 is 1.89 bits per heavy atom. The van der Waals surface area contributed by atoms with Gasteiger partial charge in [0.15, 0.2) is 6.61 Å². The smallest absolute Gasteiger partial charge is 0.355 e. The van der Waals surface area contributed by atoms with Crippen LogP contribution in [-0.2, 0) is 25.7 Å². The third-order valence-corrected chi connectivity index (χ3v) is 7.61. The van der Waals surface area contributed by atoms with Crippen LogP contribution in [-0.4, -0.2) is 55.8 Å². The first-order valence-corrected chi connectivity index (χ1v) is 13.1. The van der Waals surface area contributed by atoms with Crippen molar-refractivity contribution in [2.45, 2.75) is 18.0 Å². The van der Waals surface area contributed by atoms with E-state index in [0.717, 1.165) is 5.57 Å². The summed E-state index contributed by atoms with van der Waals surface area (Å²) in [6.45, 7) is -0.324. The molecule has 2 amide bonds. The quantitative estimate of drug-likeness (QED) is 0.115. The fourth-order valence-electron chi connectivity index (χ4n) is 3.59. The minimum absolute atomic E-state index is 0.0597. The van der Waals surface area contributed by atoms with Crippen LogP contribution in [0.4, 0.5) is 5.69 Å². The summed E-state index contributed by atoms with van der Waals surface area (Å²) in [6, 6.07) is 13.8.